The molecular formula is C2H8O7P2Zn. The second-order valence-electron chi connectivity index (χ2n) is 1.38. The van der Waals surface area contributed by atoms with Gasteiger partial charge in [-0.1, -0.05) is 0 Å². The molecule has 0 saturated heterocycles. The molecule has 0 aromatic rings. The normalized spacial score (nSPS) is 12.3. The fraction of sp³-hybridized carbons (Fsp3) is 1.00. The van der Waals surface area contributed by atoms with Gasteiger partial charge in [0.15, 0.2) is 0 Å². The van der Waals surface area contributed by atoms with Crippen LogP contribution >= 0.6 is 15.6 Å². The Hall–Kier alpha value is 0.883. The summed E-state index contributed by atoms with van der Waals surface area (Å²) in [6.45, 7) is 0. The SMILES string of the molecule is COP(=O)(OC)OP(=O)(O)O.[Zn]. The van der Waals surface area contributed by atoms with Crippen LogP contribution in [-0.4, -0.2) is 24.0 Å². The average molecular weight is 271 g/mol. The zero-order valence-corrected chi connectivity index (χ0v) is 11.3. The quantitative estimate of drug-likeness (QED) is 0.566. The van der Waals surface area contributed by atoms with E-state index >= 15 is 0 Å². The molecule has 2 N–H and O–H groups in total. The molecule has 0 aromatic carbocycles. The first-order chi connectivity index (χ1) is 4.83. The minimum absolute atomic E-state index is 0. The number of rotatable bonds is 4. The van der Waals surface area contributed by atoms with Crippen molar-refractivity contribution in [3.8, 4) is 0 Å². The van der Waals surface area contributed by atoms with E-state index < -0.39 is 15.6 Å². The third-order valence-corrected chi connectivity index (χ3v) is 3.20. The van der Waals surface area contributed by atoms with E-state index in [2.05, 4.69) is 13.4 Å². The molecule has 0 aromatic heterocycles. The van der Waals surface area contributed by atoms with Gasteiger partial charge in [0.05, 0.1) is 0 Å². The summed E-state index contributed by atoms with van der Waals surface area (Å²) < 4.78 is 32.8. The van der Waals surface area contributed by atoms with Gasteiger partial charge in [0, 0.05) is 33.7 Å². The number of hydrogen-bond acceptors (Lipinski definition) is 5. The third kappa shape index (κ3) is 6.40. The Balaban J connectivity index is 0. The summed E-state index contributed by atoms with van der Waals surface area (Å²) in [6.07, 6.45) is 0. The Morgan fingerprint density at radius 1 is 1.08 bits per heavy atom. The van der Waals surface area contributed by atoms with Crippen molar-refractivity contribution >= 4 is 15.6 Å². The van der Waals surface area contributed by atoms with Gasteiger partial charge >= 0.3 is 15.6 Å². The van der Waals surface area contributed by atoms with Crippen molar-refractivity contribution in [2.75, 3.05) is 14.2 Å². The van der Waals surface area contributed by atoms with Gasteiger partial charge in [0.2, 0.25) is 0 Å². The number of phosphoric acid groups is 2. The van der Waals surface area contributed by atoms with Crippen LogP contribution in [0.1, 0.15) is 0 Å². The topological polar surface area (TPSA) is 102 Å². The van der Waals surface area contributed by atoms with Crippen LogP contribution in [0.2, 0.25) is 0 Å². The molecule has 0 spiro atoms. The van der Waals surface area contributed by atoms with Gasteiger partial charge in [0.1, 0.15) is 0 Å². The van der Waals surface area contributed by atoms with Crippen LogP contribution in [0.15, 0.2) is 0 Å². The Kier molecular flexibility index (Phi) is 7.14. The van der Waals surface area contributed by atoms with Gasteiger partial charge in [-0.3, -0.25) is 9.05 Å². The Morgan fingerprint density at radius 2 is 1.42 bits per heavy atom. The van der Waals surface area contributed by atoms with E-state index in [0.29, 0.717) is 0 Å². The Labute approximate surface area is 82.0 Å². The molecule has 0 aliphatic carbocycles. The van der Waals surface area contributed by atoms with Crippen molar-refractivity contribution in [2.45, 2.75) is 0 Å². The van der Waals surface area contributed by atoms with E-state index in [1.165, 1.54) is 0 Å². The van der Waals surface area contributed by atoms with Gasteiger partial charge in [-0.15, -0.1) is 0 Å². The van der Waals surface area contributed by atoms with Crippen LogP contribution < -0.4 is 0 Å². The van der Waals surface area contributed by atoms with Crippen LogP contribution in [0, 0.1) is 0 Å². The van der Waals surface area contributed by atoms with Crippen molar-refractivity contribution in [1.82, 2.24) is 0 Å². The van der Waals surface area contributed by atoms with Gasteiger partial charge in [-0.2, -0.15) is 4.31 Å². The van der Waals surface area contributed by atoms with E-state index in [1.54, 1.807) is 0 Å². The predicted molar refractivity (Wildman–Crippen MR) is 34.8 cm³/mol. The molecule has 10 heteroatoms. The number of hydrogen-bond donors (Lipinski definition) is 2. The maximum absolute atomic E-state index is 10.8. The zero-order chi connectivity index (χ0) is 9.12. The van der Waals surface area contributed by atoms with E-state index in [1.807, 2.05) is 0 Å². The van der Waals surface area contributed by atoms with E-state index in [-0.39, 0.29) is 19.5 Å². The molecule has 0 amide bonds. The number of phosphoric ester groups is 1. The summed E-state index contributed by atoms with van der Waals surface area (Å²) in [5, 5.41) is 0. The predicted octanol–water partition coefficient (Wildman–Crippen LogP) is 0.494. The van der Waals surface area contributed by atoms with E-state index in [0.717, 1.165) is 14.2 Å². The van der Waals surface area contributed by atoms with Gasteiger partial charge in [0.25, 0.3) is 0 Å². The molecule has 12 heavy (non-hydrogen) atoms. The molecule has 0 saturated carbocycles. The minimum atomic E-state index is -4.83. The van der Waals surface area contributed by atoms with Crippen molar-refractivity contribution in [2.24, 2.45) is 0 Å². The molecular weight excluding hydrogens is 263 g/mol. The molecule has 0 atom stereocenters. The van der Waals surface area contributed by atoms with Crippen molar-refractivity contribution in [1.29, 1.82) is 0 Å². The van der Waals surface area contributed by atoms with Crippen LogP contribution in [0.3, 0.4) is 0 Å². The molecule has 0 fully saturated rings. The first-order valence-electron chi connectivity index (χ1n) is 2.31. The summed E-state index contributed by atoms with van der Waals surface area (Å²) in [5.74, 6) is 0. The second kappa shape index (κ2) is 5.58. The monoisotopic (exact) mass is 270 g/mol. The summed E-state index contributed by atoms with van der Waals surface area (Å²) in [6, 6.07) is 0. The fourth-order valence-corrected chi connectivity index (χ4v) is 2.00. The van der Waals surface area contributed by atoms with Crippen molar-refractivity contribution in [3.63, 3.8) is 0 Å². The molecule has 0 unspecified atom stereocenters. The first-order valence-corrected chi connectivity index (χ1v) is 5.30. The maximum Gasteiger partial charge on any atom is 0.483 e. The summed E-state index contributed by atoms with van der Waals surface area (Å²) >= 11 is 0. The van der Waals surface area contributed by atoms with Crippen LogP contribution in [-0.2, 0) is 42.0 Å². The Morgan fingerprint density at radius 3 is 1.50 bits per heavy atom. The first kappa shape index (κ1) is 15.4. The minimum Gasteiger partial charge on any atom is -0.302 e. The van der Waals surface area contributed by atoms with Crippen molar-refractivity contribution in [3.05, 3.63) is 0 Å². The van der Waals surface area contributed by atoms with E-state index in [4.69, 9.17) is 9.79 Å². The largest absolute Gasteiger partial charge is 0.483 e. The molecule has 0 aliphatic heterocycles. The molecule has 0 bridgehead atoms. The fourth-order valence-electron chi connectivity index (χ4n) is 0.271. The second-order valence-corrected chi connectivity index (χ2v) is 4.64. The summed E-state index contributed by atoms with van der Waals surface area (Å²) in [7, 11) is -7.01. The van der Waals surface area contributed by atoms with Gasteiger partial charge in [-0.05, 0) is 0 Å². The zero-order valence-electron chi connectivity index (χ0n) is 6.54. The van der Waals surface area contributed by atoms with Crippen LogP contribution in [0.25, 0.3) is 0 Å². The maximum atomic E-state index is 10.8. The van der Waals surface area contributed by atoms with Crippen molar-refractivity contribution < 1.29 is 51.8 Å². The van der Waals surface area contributed by atoms with Gasteiger partial charge in [-0.25, -0.2) is 9.13 Å². The Bertz CT molecular complexity index is 201. The molecule has 0 heterocycles. The van der Waals surface area contributed by atoms with Crippen LogP contribution in [0.5, 0.6) is 0 Å². The smallest absolute Gasteiger partial charge is 0.302 e. The third-order valence-electron chi connectivity index (χ3n) is 0.654. The standard InChI is InChI=1S/C2H8O7P2.Zn/c1-7-11(6,8-2)9-10(3,4)5;/h1-2H3,(H2,3,4,5);. The van der Waals surface area contributed by atoms with E-state index in [9.17, 15) is 9.13 Å². The average Bonchev–Trinajstić information content (AvgIpc) is 1.84. The molecule has 7 nitrogen and oxygen atoms in total. The summed E-state index contributed by atoms with van der Waals surface area (Å²) in [4.78, 5) is 16.3. The molecule has 0 rings (SSSR count). The van der Waals surface area contributed by atoms with Gasteiger partial charge < -0.3 is 9.79 Å². The molecule has 0 aliphatic rings. The molecule has 70 valence electrons. The molecule has 0 radical (unpaired) electrons. The van der Waals surface area contributed by atoms with Crippen LogP contribution in [0.4, 0.5) is 0 Å². The summed E-state index contributed by atoms with van der Waals surface area (Å²) in [5.41, 5.74) is 0.